The molecule has 0 bridgehead atoms. The summed E-state index contributed by atoms with van der Waals surface area (Å²) < 4.78 is 12.2. The lowest BCUT2D eigenvalue weighted by atomic mass is 9.93. The second-order valence-electron chi connectivity index (χ2n) is 9.55. The molecule has 4 heteroatoms. The van der Waals surface area contributed by atoms with E-state index < -0.39 is 5.79 Å². The number of carbonyl (C=O) groups is 1. The number of phenols is 1. The number of phenolic OH excluding ortho intramolecular Hbond substituents is 1. The van der Waals surface area contributed by atoms with E-state index in [1.807, 2.05) is 6.92 Å². The lowest BCUT2D eigenvalue weighted by molar-refractivity contribution is -0.156. The normalized spacial score (nSPS) is 20.7. The molecule has 1 aromatic rings. The van der Waals surface area contributed by atoms with Gasteiger partial charge in [-0.2, -0.15) is 0 Å². The number of fused-ring (bicyclic) bond motifs is 1. The summed E-state index contributed by atoms with van der Waals surface area (Å²) in [6.07, 6.45) is 12.8. The summed E-state index contributed by atoms with van der Waals surface area (Å²) in [6.45, 7) is 10.3. The van der Waals surface area contributed by atoms with Crippen LogP contribution in [0.2, 0.25) is 0 Å². The summed E-state index contributed by atoms with van der Waals surface area (Å²) >= 11 is 0. The number of hydrogen-bond acceptors (Lipinski definition) is 4. The van der Waals surface area contributed by atoms with Crippen molar-refractivity contribution in [2.75, 3.05) is 0 Å². The molecular formula is C27H38O4. The minimum Gasteiger partial charge on any atom is -0.508 e. The standard InChI is InChI=1S/C27H38O4/c1-6-7-8-12-20-17-23(28)22(16-13-19(4)11-9-10-18(2)3)25-24(20)26(29)31-27(5,30-25)21-14-15-21/h10,13,17,21,28H,6-9,11-12,14-16H2,1-5H3. The summed E-state index contributed by atoms with van der Waals surface area (Å²) in [5.74, 6) is -0.274. The summed E-state index contributed by atoms with van der Waals surface area (Å²) in [5, 5.41) is 10.9. The Morgan fingerprint density at radius 3 is 2.58 bits per heavy atom. The summed E-state index contributed by atoms with van der Waals surface area (Å²) in [6, 6.07) is 1.75. The Morgan fingerprint density at radius 1 is 1.19 bits per heavy atom. The van der Waals surface area contributed by atoms with Gasteiger partial charge in [-0.05, 0) is 77.3 Å². The largest absolute Gasteiger partial charge is 0.508 e. The molecule has 0 spiro atoms. The Labute approximate surface area is 187 Å². The van der Waals surface area contributed by atoms with Crippen molar-refractivity contribution in [3.8, 4) is 11.5 Å². The van der Waals surface area contributed by atoms with Gasteiger partial charge in [0.05, 0.1) is 0 Å². The molecule has 1 atom stereocenters. The molecule has 1 aliphatic heterocycles. The predicted molar refractivity (Wildman–Crippen MR) is 125 cm³/mol. The summed E-state index contributed by atoms with van der Waals surface area (Å²) in [4.78, 5) is 13.1. The quantitative estimate of drug-likeness (QED) is 0.248. The molecule has 1 aromatic carbocycles. The van der Waals surface area contributed by atoms with Crippen molar-refractivity contribution in [3.05, 3.63) is 46.1 Å². The Kier molecular flexibility index (Phi) is 7.51. The van der Waals surface area contributed by atoms with Crippen LogP contribution in [-0.2, 0) is 17.6 Å². The first-order valence-corrected chi connectivity index (χ1v) is 11.8. The van der Waals surface area contributed by atoms with Gasteiger partial charge in [-0.25, -0.2) is 4.79 Å². The van der Waals surface area contributed by atoms with E-state index in [4.69, 9.17) is 9.47 Å². The zero-order valence-electron chi connectivity index (χ0n) is 19.8. The van der Waals surface area contributed by atoms with Crippen molar-refractivity contribution in [3.63, 3.8) is 0 Å². The number of cyclic esters (lactones) is 1. The maximum absolute atomic E-state index is 13.1. The molecule has 1 unspecified atom stereocenters. The van der Waals surface area contributed by atoms with E-state index in [1.165, 1.54) is 11.1 Å². The van der Waals surface area contributed by atoms with Crippen molar-refractivity contribution in [1.82, 2.24) is 0 Å². The third kappa shape index (κ3) is 5.72. The van der Waals surface area contributed by atoms with Crippen molar-refractivity contribution in [1.29, 1.82) is 0 Å². The van der Waals surface area contributed by atoms with Crippen LogP contribution >= 0.6 is 0 Å². The molecule has 0 radical (unpaired) electrons. The van der Waals surface area contributed by atoms with Crippen LogP contribution in [0.1, 0.15) is 101 Å². The summed E-state index contributed by atoms with van der Waals surface area (Å²) in [7, 11) is 0. The minimum atomic E-state index is -0.935. The zero-order valence-corrected chi connectivity index (χ0v) is 19.8. The van der Waals surface area contributed by atoms with E-state index in [0.29, 0.717) is 23.3 Å². The molecular weight excluding hydrogens is 388 g/mol. The first kappa shape index (κ1) is 23.4. The van der Waals surface area contributed by atoms with Gasteiger partial charge in [-0.3, -0.25) is 0 Å². The second kappa shape index (κ2) is 9.93. The highest BCUT2D eigenvalue weighted by molar-refractivity contribution is 5.96. The van der Waals surface area contributed by atoms with Crippen LogP contribution in [0.25, 0.3) is 0 Å². The highest BCUT2D eigenvalue weighted by Gasteiger charge is 2.51. The monoisotopic (exact) mass is 426 g/mol. The number of aromatic hydroxyl groups is 1. The molecule has 2 aliphatic rings. The Hall–Kier alpha value is -2.23. The molecule has 31 heavy (non-hydrogen) atoms. The highest BCUT2D eigenvalue weighted by Crippen LogP contribution is 2.49. The zero-order chi connectivity index (χ0) is 22.6. The fourth-order valence-corrected chi connectivity index (χ4v) is 4.23. The Bertz CT molecular complexity index is 872. The topological polar surface area (TPSA) is 55.8 Å². The third-order valence-electron chi connectivity index (χ3n) is 6.36. The number of hydrogen-bond donors (Lipinski definition) is 1. The second-order valence-corrected chi connectivity index (χ2v) is 9.55. The number of rotatable bonds is 10. The SMILES string of the molecule is CCCCCc1cc(O)c(CC=C(C)CCC=C(C)C)c2c1C(=O)OC(C)(C1CC1)O2. The lowest BCUT2D eigenvalue weighted by Gasteiger charge is -2.37. The van der Waals surface area contributed by atoms with Crippen LogP contribution in [0, 0.1) is 5.92 Å². The van der Waals surface area contributed by atoms with E-state index in [0.717, 1.165) is 56.9 Å². The van der Waals surface area contributed by atoms with Gasteiger partial charge in [-0.15, -0.1) is 0 Å². The smallest absolute Gasteiger partial charge is 0.345 e. The van der Waals surface area contributed by atoms with Crippen molar-refractivity contribution in [2.45, 2.75) is 98.2 Å². The molecule has 0 saturated heterocycles. The van der Waals surface area contributed by atoms with E-state index in [1.54, 1.807) is 6.07 Å². The minimum absolute atomic E-state index is 0.214. The van der Waals surface area contributed by atoms with E-state index in [2.05, 4.69) is 39.8 Å². The van der Waals surface area contributed by atoms with Gasteiger partial charge in [0.2, 0.25) is 0 Å². The van der Waals surface area contributed by atoms with E-state index in [-0.39, 0.29) is 17.6 Å². The average molecular weight is 427 g/mol. The van der Waals surface area contributed by atoms with Crippen LogP contribution in [0.4, 0.5) is 0 Å². The fourth-order valence-electron chi connectivity index (χ4n) is 4.23. The maximum Gasteiger partial charge on any atom is 0.345 e. The molecule has 0 amide bonds. The summed E-state index contributed by atoms with van der Waals surface area (Å²) in [5.41, 5.74) is 4.62. The number of carbonyl (C=O) groups excluding carboxylic acids is 1. The van der Waals surface area contributed by atoms with Crippen LogP contribution in [0.15, 0.2) is 29.4 Å². The van der Waals surface area contributed by atoms with Gasteiger partial charge >= 0.3 is 5.97 Å². The third-order valence-corrected chi connectivity index (χ3v) is 6.36. The van der Waals surface area contributed by atoms with Gasteiger partial charge in [0, 0.05) is 18.4 Å². The molecule has 3 rings (SSSR count). The number of benzene rings is 1. The molecule has 170 valence electrons. The lowest BCUT2D eigenvalue weighted by Crippen LogP contribution is -2.44. The van der Waals surface area contributed by atoms with Gasteiger partial charge in [-0.1, -0.05) is 43.1 Å². The number of aryl methyl sites for hydroxylation is 1. The van der Waals surface area contributed by atoms with Crippen LogP contribution < -0.4 is 4.74 Å². The predicted octanol–water partition coefficient (Wildman–Crippen LogP) is 7.04. The molecule has 1 saturated carbocycles. The highest BCUT2D eigenvalue weighted by atomic mass is 16.7. The Balaban J connectivity index is 1.92. The molecule has 1 heterocycles. The molecule has 0 aromatic heterocycles. The van der Waals surface area contributed by atoms with Gasteiger partial charge < -0.3 is 14.6 Å². The van der Waals surface area contributed by atoms with Gasteiger partial charge in [0.25, 0.3) is 5.79 Å². The van der Waals surface area contributed by atoms with Gasteiger partial charge in [0.1, 0.15) is 17.1 Å². The van der Waals surface area contributed by atoms with Crippen LogP contribution in [0.5, 0.6) is 11.5 Å². The van der Waals surface area contributed by atoms with E-state index in [9.17, 15) is 9.90 Å². The van der Waals surface area contributed by atoms with Crippen molar-refractivity contribution < 1.29 is 19.4 Å². The van der Waals surface area contributed by atoms with Crippen LogP contribution in [0.3, 0.4) is 0 Å². The number of unbranched alkanes of at least 4 members (excludes halogenated alkanes) is 2. The maximum atomic E-state index is 13.1. The van der Waals surface area contributed by atoms with Crippen molar-refractivity contribution in [2.24, 2.45) is 5.92 Å². The molecule has 4 nitrogen and oxygen atoms in total. The number of ether oxygens (including phenoxy) is 2. The van der Waals surface area contributed by atoms with Gasteiger partial charge in [0.15, 0.2) is 0 Å². The fraction of sp³-hybridized carbons (Fsp3) is 0.593. The first-order valence-electron chi connectivity index (χ1n) is 11.8. The molecule has 1 N–H and O–H groups in total. The number of esters is 1. The number of allylic oxidation sites excluding steroid dienone is 4. The van der Waals surface area contributed by atoms with Crippen LogP contribution in [-0.4, -0.2) is 16.9 Å². The molecule has 1 aliphatic carbocycles. The Morgan fingerprint density at radius 2 is 1.94 bits per heavy atom. The first-order chi connectivity index (χ1) is 14.7. The van der Waals surface area contributed by atoms with Crippen molar-refractivity contribution >= 4 is 5.97 Å². The average Bonchev–Trinajstić information content (AvgIpc) is 3.53. The van der Waals surface area contributed by atoms with E-state index >= 15 is 0 Å². The molecule has 1 fully saturated rings.